The fourth-order valence-electron chi connectivity index (χ4n) is 2.96. The van der Waals surface area contributed by atoms with Crippen LogP contribution in [0.15, 0.2) is 0 Å². The van der Waals surface area contributed by atoms with Crippen LogP contribution in [0, 0.1) is 5.92 Å². The van der Waals surface area contributed by atoms with Gasteiger partial charge in [-0.1, -0.05) is 13.3 Å². The maximum Gasteiger partial charge on any atom is 0.114 e. The van der Waals surface area contributed by atoms with E-state index in [-0.39, 0.29) is 0 Å². The highest BCUT2D eigenvalue weighted by Gasteiger charge is 2.23. The van der Waals surface area contributed by atoms with Gasteiger partial charge in [-0.2, -0.15) is 0 Å². The second-order valence-corrected chi connectivity index (χ2v) is 5.40. The number of rotatable bonds is 4. The Kier molecular flexibility index (Phi) is 4.59. The summed E-state index contributed by atoms with van der Waals surface area (Å²) in [6.07, 6.45) is 4.25. The predicted octanol–water partition coefficient (Wildman–Crippen LogP) is 2.15. The van der Waals surface area contributed by atoms with Gasteiger partial charge >= 0.3 is 0 Å². The smallest absolute Gasteiger partial charge is 0.114 e. The zero-order chi connectivity index (χ0) is 11.4. The van der Waals surface area contributed by atoms with E-state index in [2.05, 4.69) is 16.7 Å². The summed E-state index contributed by atoms with van der Waals surface area (Å²) in [5.74, 6) is 0.904. The fraction of sp³-hybridized carbons (Fsp3) is 1.00. The minimum atomic E-state index is -0.565. The molecule has 16 heavy (non-hydrogen) atoms. The van der Waals surface area contributed by atoms with Gasteiger partial charge in [0.2, 0.25) is 0 Å². The minimum Gasteiger partial charge on any atom is -0.302 e. The first kappa shape index (κ1) is 12.3. The van der Waals surface area contributed by atoms with Crippen LogP contribution in [-0.4, -0.2) is 55.2 Å². The SMILES string of the molecule is CC[C@H]1CCCN(CCN2CC[C@H](F)C2)C1. The second kappa shape index (κ2) is 5.97. The van der Waals surface area contributed by atoms with E-state index in [4.69, 9.17) is 0 Å². The van der Waals surface area contributed by atoms with Crippen molar-refractivity contribution in [3.8, 4) is 0 Å². The molecule has 0 aliphatic carbocycles. The molecule has 0 amide bonds. The van der Waals surface area contributed by atoms with Gasteiger partial charge in [0.05, 0.1) is 0 Å². The Morgan fingerprint density at radius 1 is 1.06 bits per heavy atom. The number of hydrogen-bond donors (Lipinski definition) is 0. The van der Waals surface area contributed by atoms with Gasteiger partial charge in [-0.15, -0.1) is 0 Å². The molecule has 0 aromatic heterocycles. The van der Waals surface area contributed by atoms with Gasteiger partial charge in [-0.3, -0.25) is 4.90 Å². The highest BCUT2D eigenvalue weighted by atomic mass is 19.1. The molecular weight excluding hydrogens is 203 g/mol. The van der Waals surface area contributed by atoms with Crippen LogP contribution in [0.2, 0.25) is 0 Å². The Balaban J connectivity index is 1.65. The Morgan fingerprint density at radius 2 is 1.81 bits per heavy atom. The van der Waals surface area contributed by atoms with Gasteiger partial charge in [0.25, 0.3) is 0 Å². The van der Waals surface area contributed by atoms with E-state index in [1.54, 1.807) is 0 Å². The Hall–Kier alpha value is -0.150. The molecule has 0 N–H and O–H groups in total. The van der Waals surface area contributed by atoms with Crippen LogP contribution >= 0.6 is 0 Å². The van der Waals surface area contributed by atoms with Crippen molar-refractivity contribution in [2.75, 3.05) is 39.3 Å². The number of likely N-dealkylation sites (tertiary alicyclic amines) is 2. The van der Waals surface area contributed by atoms with Crippen molar-refractivity contribution in [3.05, 3.63) is 0 Å². The second-order valence-electron chi connectivity index (χ2n) is 5.40. The van der Waals surface area contributed by atoms with Crippen LogP contribution in [0.25, 0.3) is 0 Å². The lowest BCUT2D eigenvalue weighted by Gasteiger charge is -2.33. The van der Waals surface area contributed by atoms with Gasteiger partial charge in [0.1, 0.15) is 6.17 Å². The van der Waals surface area contributed by atoms with E-state index in [1.807, 2.05) is 0 Å². The molecule has 0 spiro atoms. The van der Waals surface area contributed by atoms with Crippen LogP contribution in [0.3, 0.4) is 0 Å². The molecule has 2 aliphatic rings. The number of piperidine rings is 1. The standard InChI is InChI=1S/C13H25FN2/c1-2-12-4-3-6-15(10-12)8-9-16-7-5-13(14)11-16/h12-13H,2-11H2,1H3/t12-,13-/m0/s1. The average Bonchev–Trinajstić information content (AvgIpc) is 2.73. The van der Waals surface area contributed by atoms with Crippen molar-refractivity contribution in [2.24, 2.45) is 5.92 Å². The molecule has 2 heterocycles. The summed E-state index contributed by atoms with van der Waals surface area (Å²) >= 11 is 0. The summed E-state index contributed by atoms with van der Waals surface area (Å²) in [6.45, 7) is 8.66. The number of halogens is 1. The summed E-state index contributed by atoms with van der Waals surface area (Å²) in [7, 11) is 0. The molecule has 0 bridgehead atoms. The number of nitrogens with zero attached hydrogens (tertiary/aromatic N) is 2. The van der Waals surface area contributed by atoms with Crippen LogP contribution in [-0.2, 0) is 0 Å². The Morgan fingerprint density at radius 3 is 2.44 bits per heavy atom. The lowest BCUT2D eigenvalue weighted by Crippen LogP contribution is -2.40. The van der Waals surface area contributed by atoms with Crippen LogP contribution in [0.1, 0.15) is 32.6 Å². The first-order valence-corrected chi connectivity index (χ1v) is 6.86. The van der Waals surface area contributed by atoms with Gasteiger partial charge in [0, 0.05) is 32.7 Å². The zero-order valence-corrected chi connectivity index (χ0v) is 10.5. The van der Waals surface area contributed by atoms with E-state index < -0.39 is 6.17 Å². The Bertz CT molecular complexity index is 210. The summed E-state index contributed by atoms with van der Waals surface area (Å²) in [6, 6.07) is 0. The van der Waals surface area contributed by atoms with Crippen molar-refractivity contribution < 1.29 is 4.39 Å². The van der Waals surface area contributed by atoms with Gasteiger partial charge < -0.3 is 4.90 Å². The lowest BCUT2D eigenvalue weighted by atomic mass is 9.96. The molecule has 3 heteroatoms. The maximum atomic E-state index is 13.0. The maximum absolute atomic E-state index is 13.0. The number of hydrogen-bond acceptors (Lipinski definition) is 2. The normalized spacial score (nSPS) is 33.4. The third kappa shape index (κ3) is 3.42. The van der Waals surface area contributed by atoms with Crippen molar-refractivity contribution in [3.63, 3.8) is 0 Å². The predicted molar refractivity (Wildman–Crippen MR) is 65.4 cm³/mol. The van der Waals surface area contributed by atoms with E-state index in [9.17, 15) is 4.39 Å². The van der Waals surface area contributed by atoms with Crippen molar-refractivity contribution in [1.82, 2.24) is 9.80 Å². The summed E-state index contributed by atoms with van der Waals surface area (Å²) < 4.78 is 13.0. The molecule has 94 valence electrons. The van der Waals surface area contributed by atoms with E-state index in [0.717, 1.165) is 32.0 Å². The number of alkyl halides is 1. The fourth-order valence-corrected chi connectivity index (χ4v) is 2.96. The summed E-state index contributed by atoms with van der Waals surface area (Å²) in [5, 5.41) is 0. The largest absolute Gasteiger partial charge is 0.302 e. The van der Waals surface area contributed by atoms with Crippen LogP contribution in [0.5, 0.6) is 0 Å². The average molecular weight is 228 g/mol. The highest BCUT2D eigenvalue weighted by Crippen LogP contribution is 2.19. The van der Waals surface area contributed by atoms with Crippen molar-refractivity contribution in [1.29, 1.82) is 0 Å². The first-order valence-electron chi connectivity index (χ1n) is 6.86. The van der Waals surface area contributed by atoms with E-state index in [1.165, 1.54) is 32.4 Å². The molecule has 2 aliphatic heterocycles. The van der Waals surface area contributed by atoms with Gasteiger partial charge in [-0.25, -0.2) is 4.39 Å². The molecular formula is C13H25FN2. The quantitative estimate of drug-likeness (QED) is 0.727. The zero-order valence-electron chi connectivity index (χ0n) is 10.5. The highest BCUT2D eigenvalue weighted by molar-refractivity contribution is 4.77. The summed E-state index contributed by atoms with van der Waals surface area (Å²) in [4.78, 5) is 4.85. The molecule has 0 saturated carbocycles. The molecule has 0 unspecified atom stereocenters. The Labute approximate surface area is 98.8 Å². The van der Waals surface area contributed by atoms with Crippen molar-refractivity contribution in [2.45, 2.75) is 38.8 Å². The summed E-state index contributed by atoms with van der Waals surface area (Å²) in [5.41, 5.74) is 0. The van der Waals surface area contributed by atoms with Crippen molar-refractivity contribution >= 4 is 0 Å². The van der Waals surface area contributed by atoms with E-state index in [0.29, 0.717) is 6.54 Å². The van der Waals surface area contributed by atoms with Gasteiger partial charge in [0.15, 0.2) is 0 Å². The van der Waals surface area contributed by atoms with E-state index >= 15 is 0 Å². The lowest BCUT2D eigenvalue weighted by molar-refractivity contribution is 0.151. The molecule has 0 radical (unpaired) electrons. The van der Waals surface area contributed by atoms with Gasteiger partial charge in [-0.05, 0) is 31.7 Å². The van der Waals surface area contributed by atoms with Crippen LogP contribution in [0.4, 0.5) is 4.39 Å². The molecule has 2 rings (SSSR count). The molecule has 2 fully saturated rings. The molecule has 0 aromatic carbocycles. The minimum absolute atomic E-state index is 0.565. The monoisotopic (exact) mass is 228 g/mol. The molecule has 2 saturated heterocycles. The molecule has 2 atom stereocenters. The first-order chi connectivity index (χ1) is 7.78. The third-order valence-corrected chi connectivity index (χ3v) is 4.13. The van der Waals surface area contributed by atoms with Crippen LogP contribution < -0.4 is 0 Å². The topological polar surface area (TPSA) is 6.48 Å². The third-order valence-electron chi connectivity index (χ3n) is 4.13. The molecule has 0 aromatic rings. The molecule has 2 nitrogen and oxygen atoms in total.